The Balaban J connectivity index is 1.90. The monoisotopic (exact) mass is 462 g/mol. The Labute approximate surface area is 191 Å². The number of hydrogen-bond donors (Lipinski definition) is 4. The van der Waals surface area contributed by atoms with Gasteiger partial charge in [0.15, 0.2) is 0 Å². The summed E-state index contributed by atoms with van der Waals surface area (Å²) in [6.45, 7) is 3.94. The minimum absolute atomic E-state index is 0.00829. The van der Waals surface area contributed by atoms with Crippen LogP contribution in [0.25, 0.3) is 0 Å². The molecule has 0 aliphatic rings. The molecule has 166 valence electrons. The molecule has 0 fully saturated rings. The zero-order valence-corrected chi connectivity index (χ0v) is 19.3. The topological polar surface area (TPSA) is 99.3 Å². The van der Waals surface area contributed by atoms with Gasteiger partial charge in [0.1, 0.15) is 6.04 Å². The summed E-state index contributed by atoms with van der Waals surface area (Å²) in [7, 11) is 0. The number of nitrogens with one attached hydrogen (secondary N) is 4. The molecule has 0 saturated heterocycles. The number of amides is 3. The second-order valence-corrected chi connectivity index (χ2v) is 8.39. The fourth-order valence-electron chi connectivity index (χ4n) is 2.84. The maximum atomic E-state index is 12.6. The number of aryl methyl sites for hydroxylation is 2. The minimum atomic E-state index is -0.816. The van der Waals surface area contributed by atoms with E-state index in [0.29, 0.717) is 17.2 Å². The van der Waals surface area contributed by atoms with Crippen LogP contribution in [0.1, 0.15) is 27.9 Å². The quantitative estimate of drug-likeness (QED) is 0.429. The van der Waals surface area contributed by atoms with Crippen molar-refractivity contribution in [2.45, 2.75) is 26.3 Å². The maximum Gasteiger partial charge on any atom is 0.260 e. The number of hydrogen-bond acceptors (Lipinski definition) is 5. The molecule has 1 unspecified atom stereocenters. The Morgan fingerprint density at radius 1 is 1.06 bits per heavy atom. The van der Waals surface area contributed by atoms with Crippen LogP contribution in [-0.2, 0) is 9.59 Å². The van der Waals surface area contributed by atoms with Crippen molar-refractivity contribution in [3.63, 3.8) is 0 Å². The van der Waals surface area contributed by atoms with Gasteiger partial charge in [0.2, 0.25) is 0 Å². The Morgan fingerprint density at radius 2 is 1.81 bits per heavy atom. The van der Waals surface area contributed by atoms with Crippen molar-refractivity contribution in [2.75, 3.05) is 23.9 Å². The van der Waals surface area contributed by atoms with Gasteiger partial charge in [-0.3, -0.25) is 25.2 Å². The SMILES string of the molecule is CSCCC(NC(=O)c1ccccc1Cl)C(=O)NNC(=O)CNc1ccc(C)cc1C. The van der Waals surface area contributed by atoms with Gasteiger partial charge in [-0.15, -0.1) is 0 Å². The van der Waals surface area contributed by atoms with E-state index < -0.39 is 23.8 Å². The number of carbonyl (C=O) groups excluding carboxylic acids is 3. The van der Waals surface area contributed by atoms with Gasteiger partial charge < -0.3 is 10.6 Å². The third kappa shape index (κ3) is 7.80. The van der Waals surface area contributed by atoms with E-state index in [2.05, 4.69) is 21.5 Å². The molecule has 0 aliphatic heterocycles. The summed E-state index contributed by atoms with van der Waals surface area (Å²) < 4.78 is 0. The lowest BCUT2D eigenvalue weighted by molar-refractivity contribution is -0.129. The molecule has 0 bridgehead atoms. The molecule has 4 N–H and O–H groups in total. The number of thioether (sulfide) groups is 1. The average Bonchev–Trinajstić information content (AvgIpc) is 2.74. The van der Waals surface area contributed by atoms with E-state index in [1.165, 1.54) is 0 Å². The van der Waals surface area contributed by atoms with Crippen molar-refractivity contribution < 1.29 is 14.4 Å². The first-order chi connectivity index (χ1) is 14.8. The van der Waals surface area contributed by atoms with E-state index in [0.717, 1.165) is 16.8 Å². The summed E-state index contributed by atoms with van der Waals surface area (Å²) in [5.41, 5.74) is 8.05. The summed E-state index contributed by atoms with van der Waals surface area (Å²) in [4.78, 5) is 37.2. The molecule has 0 aliphatic carbocycles. The Bertz CT molecular complexity index is 939. The van der Waals surface area contributed by atoms with Crippen LogP contribution in [0.3, 0.4) is 0 Å². The highest BCUT2D eigenvalue weighted by Gasteiger charge is 2.22. The lowest BCUT2D eigenvalue weighted by Gasteiger charge is -2.19. The smallest absolute Gasteiger partial charge is 0.260 e. The van der Waals surface area contributed by atoms with Crippen molar-refractivity contribution in [3.8, 4) is 0 Å². The van der Waals surface area contributed by atoms with Crippen LogP contribution in [-0.4, -0.2) is 42.3 Å². The van der Waals surface area contributed by atoms with Crippen molar-refractivity contribution in [1.29, 1.82) is 0 Å². The highest BCUT2D eigenvalue weighted by Crippen LogP contribution is 2.16. The first-order valence-electron chi connectivity index (χ1n) is 9.76. The summed E-state index contributed by atoms with van der Waals surface area (Å²) in [6.07, 6.45) is 2.31. The summed E-state index contributed by atoms with van der Waals surface area (Å²) >= 11 is 7.62. The zero-order chi connectivity index (χ0) is 22.8. The van der Waals surface area contributed by atoms with E-state index in [4.69, 9.17) is 11.6 Å². The molecule has 9 heteroatoms. The number of halogens is 1. The molecular weight excluding hydrogens is 436 g/mol. The molecule has 0 spiro atoms. The van der Waals surface area contributed by atoms with Gasteiger partial charge >= 0.3 is 0 Å². The first kappa shape index (κ1) is 24.6. The Hall–Kier alpha value is -2.71. The lowest BCUT2D eigenvalue weighted by atomic mass is 10.1. The van der Waals surface area contributed by atoms with Gasteiger partial charge in [-0.1, -0.05) is 41.4 Å². The molecule has 7 nitrogen and oxygen atoms in total. The van der Waals surface area contributed by atoms with Crippen LogP contribution in [0.15, 0.2) is 42.5 Å². The van der Waals surface area contributed by atoms with Crippen LogP contribution >= 0.6 is 23.4 Å². The molecule has 0 radical (unpaired) electrons. The van der Waals surface area contributed by atoms with Gasteiger partial charge in [-0.05, 0) is 56.0 Å². The number of carbonyl (C=O) groups is 3. The summed E-state index contributed by atoms with van der Waals surface area (Å²) in [5.74, 6) is -0.707. The molecule has 0 aromatic heterocycles. The Kier molecular flexibility index (Phi) is 9.68. The van der Waals surface area contributed by atoms with Gasteiger partial charge in [-0.25, -0.2) is 0 Å². The van der Waals surface area contributed by atoms with Crippen molar-refractivity contribution in [2.24, 2.45) is 0 Å². The van der Waals surface area contributed by atoms with Crippen LogP contribution in [0.5, 0.6) is 0 Å². The minimum Gasteiger partial charge on any atom is -0.376 e. The molecule has 2 rings (SSSR count). The number of rotatable bonds is 9. The van der Waals surface area contributed by atoms with E-state index in [-0.39, 0.29) is 12.1 Å². The van der Waals surface area contributed by atoms with Gasteiger partial charge in [-0.2, -0.15) is 11.8 Å². The van der Waals surface area contributed by atoms with Crippen molar-refractivity contribution in [3.05, 3.63) is 64.2 Å². The highest BCUT2D eigenvalue weighted by atomic mass is 35.5. The first-order valence-corrected chi connectivity index (χ1v) is 11.5. The molecule has 1 atom stereocenters. The second kappa shape index (κ2) is 12.2. The van der Waals surface area contributed by atoms with E-state index in [1.807, 2.05) is 38.3 Å². The van der Waals surface area contributed by atoms with Crippen LogP contribution in [0.4, 0.5) is 5.69 Å². The van der Waals surface area contributed by atoms with Gasteiger partial charge in [0.25, 0.3) is 17.7 Å². The predicted molar refractivity (Wildman–Crippen MR) is 126 cm³/mol. The molecule has 31 heavy (non-hydrogen) atoms. The molecule has 0 heterocycles. The maximum absolute atomic E-state index is 12.6. The average molecular weight is 463 g/mol. The molecule has 0 saturated carbocycles. The van der Waals surface area contributed by atoms with E-state index >= 15 is 0 Å². The molecule has 2 aromatic rings. The van der Waals surface area contributed by atoms with Crippen LogP contribution < -0.4 is 21.5 Å². The van der Waals surface area contributed by atoms with E-state index in [9.17, 15) is 14.4 Å². The standard InChI is InChI=1S/C22H27ClN4O3S/c1-14-8-9-18(15(2)12-14)24-13-20(28)26-27-22(30)19(10-11-31-3)25-21(29)16-6-4-5-7-17(16)23/h4-9,12,19,24H,10-11,13H2,1-3H3,(H,25,29)(H,26,28)(H,27,30). The van der Waals surface area contributed by atoms with Crippen molar-refractivity contribution in [1.82, 2.24) is 16.2 Å². The fraction of sp³-hybridized carbons (Fsp3) is 0.318. The summed E-state index contributed by atoms with van der Waals surface area (Å²) in [5, 5.41) is 6.02. The predicted octanol–water partition coefficient (Wildman–Crippen LogP) is 3.07. The van der Waals surface area contributed by atoms with Crippen molar-refractivity contribution >= 4 is 46.8 Å². The number of anilines is 1. The third-order valence-electron chi connectivity index (χ3n) is 4.50. The van der Waals surface area contributed by atoms with Crippen LogP contribution in [0, 0.1) is 13.8 Å². The molecule has 2 aromatic carbocycles. The largest absolute Gasteiger partial charge is 0.376 e. The Morgan fingerprint density at radius 3 is 2.48 bits per heavy atom. The van der Waals surface area contributed by atoms with E-state index in [1.54, 1.807) is 36.0 Å². The second-order valence-electron chi connectivity index (χ2n) is 7.00. The fourth-order valence-corrected chi connectivity index (χ4v) is 3.53. The normalized spacial score (nSPS) is 11.4. The zero-order valence-electron chi connectivity index (χ0n) is 17.8. The highest BCUT2D eigenvalue weighted by molar-refractivity contribution is 7.98. The molecule has 3 amide bonds. The number of benzene rings is 2. The third-order valence-corrected chi connectivity index (χ3v) is 5.47. The molecular formula is C22H27ClN4O3S. The lowest BCUT2D eigenvalue weighted by Crippen LogP contribution is -2.53. The summed E-state index contributed by atoms with van der Waals surface area (Å²) in [6, 6.07) is 11.7. The number of hydrazine groups is 1. The van der Waals surface area contributed by atoms with Gasteiger partial charge in [0, 0.05) is 5.69 Å². The van der Waals surface area contributed by atoms with Gasteiger partial charge in [0.05, 0.1) is 17.1 Å². The van der Waals surface area contributed by atoms with Crippen LogP contribution in [0.2, 0.25) is 5.02 Å².